The van der Waals surface area contributed by atoms with Crippen LogP contribution >= 0.6 is 39.1 Å². The Morgan fingerprint density at radius 2 is 1.74 bits per heavy atom. The number of carbonyl (C=O) groups is 2. The van der Waals surface area contributed by atoms with Gasteiger partial charge in [0.05, 0.1) is 10.0 Å². The van der Waals surface area contributed by atoms with E-state index >= 15 is 0 Å². The third-order valence-corrected chi connectivity index (χ3v) is 8.43. The molecule has 8 heteroatoms. The van der Waals surface area contributed by atoms with Gasteiger partial charge in [0.25, 0.3) is 5.91 Å². The van der Waals surface area contributed by atoms with Crippen LogP contribution in [0.4, 0.5) is 0 Å². The molecule has 0 unspecified atom stereocenters. The minimum absolute atomic E-state index is 0.129. The van der Waals surface area contributed by atoms with Crippen LogP contribution in [0.1, 0.15) is 42.4 Å². The Morgan fingerprint density at radius 3 is 2.42 bits per heavy atom. The number of benzene rings is 3. The Morgan fingerprint density at radius 1 is 1.00 bits per heavy atom. The van der Waals surface area contributed by atoms with Crippen LogP contribution < -0.4 is 10.1 Å². The average molecular weight is 618 g/mol. The predicted molar refractivity (Wildman–Crippen MR) is 156 cm³/mol. The molecule has 1 aliphatic carbocycles. The topological polar surface area (TPSA) is 58.6 Å². The van der Waals surface area contributed by atoms with Gasteiger partial charge < -0.3 is 15.0 Å². The van der Waals surface area contributed by atoms with Gasteiger partial charge in [0.1, 0.15) is 11.8 Å². The molecule has 0 bridgehead atoms. The van der Waals surface area contributed by atoms with Crippen molar-refractivity contribution in [3.63, 3.8) is 0 Å². The molecule has 0 spiro atoms. The number of hydrogen-bond acceptors (Lipinski definition) is 3. The van der Waals surface area contributed by atoms with Gasteiger partial charge >= 0.3 is 0 Å². The number of ether oxygens (including phenoxy) is 1. The van der Waals surface area contributed by atoms with Crippen LogP contribution in [-0.4, -0.2) is 35.4 Å². The molecule has 1 aliphatic rings. The van der Waals surface area contributed by atoms with Gasteiger partial charge in [-0.15, -0.1) is 0 Å². The maximum atomic E-state index is 13.8. The molecule has 0 saturated heterocycles. The number of carbonyl (C=O) groups excluding carboxylic acids is 2. The van der Waals surface area contributed by atoms with Gasteiger partial charge in [-0.05, 0) is 66.8 Å². The molecule has 5 nitrogen and oxygen atoms in total. The summed E-state index contributed by atoms with van der Waals surface area (Å²) in [5.74, 6) is 0.136. The van der Waals surface area contributed by atoms with Gasteiger partial charge in [0.15, 0.2) is 6.61 Å². The molecule has 1 saturated carbocycles. The standard InChI is InChI=1S/C30H31BrCl2N2O3/c1-20-15-24(12-13-25(20)31)38-19-29(36)35(18-22-11-14-26(32)27(33)16-22)28(17-21-7-3-2-4-8-21)30(37)34-23-9-5-6-10-23/h2-4,7-8,11-16,23,28H,5-6,9-10,17-19H2,1H3,(H,34,37)/t28-/m1/s1. The van der Waals surface area contributed by atoms with E-state index in [9.17, 15) is 9.59 Å². The number of hydrogen-bond donors (Lipinski definition) is 1. The van der Waals surface area contributed by atoms with Crippen molar-refractivity contribution in [1.82, 2.24) is 10.2 Å². The summed E-state index contributed by atoms with van der Waals surface area (Å²) in [5.41, 5.74) is 2.75. The Bertz CT molecular complexity index is 1270. The van der Waals surface area contributed by atoms with Gasteiger partial charge in [-0.3, -0.25) is 9.59 Å². The highest BCUT2D eigenvalue weighted by Crippen LogP contribution is 2.26. The van der Waals surface area contributed by atoms with Crippen molar-refractivity contribution in [2.45, 2.75) is 57.7 Å². The molecule has 0 aliphatic heterocycles. The highest BCUT2D eigenvalue weighted by atomic mass is 79.9. The molecule has 0 heterocycles. The number of aryl methyl sites for hydroxylation is 1. The smallest absolute Gasteiger partial charge is 0.261 e. The van der Waals surface area contributed by atoms with Crippen molar-refractivity contribution in [3.05, 3.63) is 97.9 Å². The molecule has 1 fully saturated rings. The second-order valence-corrected chi connectivity index (χ2v) is 11.3. The lowest BCUT2D eigenvalue weighted by atomic mass is 10.0. The molecular weight excluding hydrogens is 587 g/mol. The SMILES string of the molecule is Cc1cc(OCC(=O)N(Cc2ccc(Cl)c(Cl)c2)[C@H](Cc2ccccc2)C(=O)NC2CCCC2)ccc1Br. The Labute approximate surface area is 242 Å². The molecule has 200 valence electrons. The zero-order chi connectivity index (χ0) is 27.1. The minimum atomic E-state index is -0.727. The molecule has 4 rings (SSSR count). The van der Waals surface area contributed by atoms with Crippen LogP contribution in [0.25, 0.3) is 0 Å². The van der Waals surface area contributed by atoms with Crippen LogP contribution in [-0.2, 0) is 22.6 Å². The van der Waals surface area contributed by atoms with Crippen molar-refractivity contribution in [2.24, 2.45) is 0 Å². The van der Waals surface area contributed by atoms with E-state index in [0.717, 1.165) is 46.8 Å². The van der Waals surface area contributed by atoms with Crippen LogP contribution in [0.5, 0.6) is 5.75 Å². The first-order valence-electron chi connectivity index (χ1n) is 12.8. The van der Waals surface area contributed by atoms with E-state index in [-0.39, 0.29) is 31.0 Å². The molecule has 1 N–H and O–H groups in total. The molecule has 3 aromatic carbocycles. The van der Waals surface area contributed by atoms with Gasteiger partial charge in [-0.1, -0.05) is 88.4 Å². The number of halogens is 3. The molecular formula is C30H31BrCl2N2O3. The van der Waals surface area contributed by atoms with E-state index < -0.39 is 6.04 Å². The van der Waals surface area contributed by atoms with Gasteiger partial charge in [0.2, 0.25) is 5.91 Å². The first kappa shape index (κ1) is 28.5. The quantitative estimate of drug-likeness (QED) is 0.263. The first-order chi connectivity index (χ1) is 18.3. The molecule has 3 aromatic rings. The normalized spacial score (nSPS) is 14.2. The number of nitrogens with one attached hydrogen (secondary N) is 1. The van der Waals surface area contributed by atoms with Crippen molar-refractivity contribution < 1.29 is 14.3 Å². The lowest BCUT2D eigenvalue weighted by Gasteiger charge is -2.32. The zero-order valence-corrected chi connectivity index (χ0v) is 24.4. The highest BCUT2D eigenvalue weighted by Gasteiger charge is 2.32. The second-order valence-electron chi connectivity index (χ2n) is 9.67. The second kappa shape index (κ2) is 13.5. The summed E-state index contributed by atoms with van der Waals surface area (Å²) >= 11 is 15.9. The summed E-state index contributed by atoms with van der Waals surface area (Å²) in [4.78, 5) is 29.1. The van der Waals surface area contributed by atoms with E-state index in [0.29, 0.717) is 22.2 Å². The maximum Gasteiger partial charge on any atom is 0.261 e. The largest absolute Gasteiger partial charge is 0.484 e. The van der Waals surface area contributed by atoms with Gasteiger partial charge in [-0.25, -0.2) is 0 Å². The molecule has 0 aromatic heterocycles. The Hall–Kier alpha value is -2.54. The summed E-state index contributed by atoms with van der Waals surface area (Å²) in [6, 6.07) is 20.0. The van der Waals surface area contributed by atoms with Crippen LogP contribution in [0, 0.1) is 6.92 Å². The van der Waals surface area contributed by atoms with E-state index in [1.54, 1.807) is 17.0 Å². The van der Waals surface area contributed by atoms with Crippen molar-refractivity contribution in [2.75, 3.05) is 6.61 Å². The first-order valence-corrected chi connectivity index (χ1v) is 14.3. The lowest BCUT2D eigenvalue weighted by Crippen LogP contribution is -2.53. The minimum Gasteiger partial charge on any atom is -0.484 e. The monoisotopic (exact) mass is 616 g/mol. The summed E-state index contributed by atoms with van der Waals surface area (Å²) in [5, 5.41) is 4.03. The fourth-order valence-electron chi connectivity index (χ4n) is 4.69. The summed E-state index contributed by atoms with van der Waals surface area (Å²) in [6.45, 7) is 1.94. The Kier molecular flexibility index (Phi) is 10.1. The van der Waals surface area contributed by atoms with E-state index in [2.05, 4.69) is 21.2 Å². The fraction of sp³-hybridized carbons (Fsp3) is 0.333. The third-order valence-electron chi connectivity index (χ3n) is 6.80. The van der Waals surface area contributed by atoms with Crippen LogP contribution in [0.3, 0.4) is 0 Å². The van der Waals surface area contributed by atoms with Crippen molar-refractivity contribution >= 4 is 50.9 Å². The predicted octanol–water partition coefficient (Wildman–Crippen LogP) is 7.14. The van der Waals surface area contributed by atoms with E-state index in [4.69, 9.17) is 27.9 Å². The number of amides is 2. The highest BCUT2D eigenvalue weighted by molar-refractivity contribution is 9.10. The van der Waals surface area contributed by atoms with Crippen molar-refractivity contribution in [1.29, 1.82) is 0 Å². The van der Waals surface area contributed by atoms with Gasteiger partial charge in [0, 0.05) is 23.5 Å². The Balaban J connectivity index is 1.63. The molecule has 2 amide bonds. The van der Waals surface area contributed by atoms with Gasteiger partial charge in [-0.2, -0.15) is 0 Å². The third kappa shape index (κ3) is 7.75. The summed E-state index contributed by atoms with van der Waals surface area (Å²) in [6.07, 6.45) is 4.48. The van der Waals surface area contributed by atoms with E-state index in [1.165, 1.54) is 0 Å². The summed E-state index contributed by atoms with van der Waals surface area (Å²) < 4.78 is 6.85. The molecule has 0 radical (unpaired) electrons. The van der Waals surface area contributed by atoms with Crippen molar-refractivity contribution in [3.8, 4) is 5.75 Å². The summed E-state index contributed by atoms with van der Waals surface area (Å²) in [7, 11) is 0. The average Bonchev–Trinajstić information content (AvgIpc) is 3.42. The fourth-order valence-corrected chi connectivity index (χ4v) is 5.26. The van der Waals surface area contributed by atoms with E-state index in [1.807, 2.05) is 61.5 Å². The zero-order valence-electron chi connectivity index (χ0n) is 21.3. The number of nitrogens with zero attached hydrogens (tertiary/aromatic N) is 1. The molecule has 1 atom stereocenters. The van der Waals surface area contributed by atoms with Crippen LogP contribution in [0.15, 0.2) is 71.2 Å². The number of rotatable bonds is 10. The lowest BCUT2D eigenvalue weighted by molar-refractivity contribution is -0.143. The molecule has 38 heavy (non-hydrogen) atoms. The van der Waals surface area contributed by atoms with Crippen LogP contribution in [0.2, 0.25) is 10.0 Å². The maximum absolute atomic E-state index is 13.8.